The Kier molecular flexibility index (Phi) is 6.61. The van der Waals surface area contributed by atoms with Crippen molar-refractivity contribution in [3.8, 4) is 12.3 Å². The second-order valence-electron chi connectivity index (χ2n) is 4.48. The number of hydrogen-bond donors (Lipinski definition) is 1. The van der Waals surface area contributed by atoms with Crippen LogP contribution in [0.5, 0.6) is 0 Å². The SMILES string of the molecule is C#CCC(COC(C)(C)C)NCCC. The molecule has 2 nitrogen and oxygen atoms in total. The minimum absolute atomic E-state index is 0.0826. The van der Waals surface area contributed by atoms with Gasteiger partial charge in [0.2, 0.25) is 0 Å². The van der Waals surface area contributed by atoms with Crippen molar-refractivity contribution in [3.05, 3.63) is 0 Å². The molecule has 1 N–H and O–H groups in total. The van der Waals surface area contributed by atoms with Crippen molar-refractivity contribution in [1.82, 2.24) is 5.32 Å². The Morgan fingerprint density at radius 1 is 1.43 bits per heavy atom. The van der Waals surface area contributed by atoms with Gasteiger partial charge in [0.05, 0.1) is 12.2 Å². The molecule has 0 aromatic carbocycles. The van der Waals surface area contributed by atoms with Crippen molar-refractivity contribution in [2.24, 2.45) is 0 Å². The van der Waals surface area contributed by atoms with E-state index in [0.717, 1.165) is 19.4 Å². The van der Waals surface area contributed by atoms with Crippen LogP contribution in [0.3, 0.4) is 0 Å². The highest BCUT2D eigenvalue weighted by Gasteiger charge is 2.13. The maximum absolute atomic E-state index is 5.68. The van der Waals surface area contributed by atoms with Crippen LogP contribution >= 0.6 is 0 Å². The van der Waals surface area contributed by atoms with E-state index in [1.807, 2.05) is 0 Å². The van der Waals surface area contributed by atoms with Crippen LogP contribution in [0.2, 0.25) is 0 Å². The summed E-state index contributed by atoms with van der Waals surface area (Å²) in [5, 5.41) is 3.38. The highest BCUT2D eigenvalue weighted by atomic mass is 16.5. The van der Waals surface area contributed by atoms with Gasteiger partial charge in [-0.1, -0.05) is 6.92 Å². The Hall–Kier alpha value is -0.520. The lowest BCUT2D eigenvalue weighted by Gasteiger charge is -2.24. The summed E-state index contributed by atoms with van der Waals surface area (Å²) >= 11 is 0. The average Bonchev–Trinajstić information content (AvgIpc) is 2.08. The van der Waals surface area contributed by atoms with Crippen LogP contribution in [0.25, 0.3) is 0 Å². The molecule has 0 fully saturated rings. The van der Waals surface area contributed by atoms with Gasteiger partial charge in [-0.25, -0.2) is 0 Å². The predicted molar refractivity (Wildman–Crippen MR) is 61.2 cm³/mol. The van der Waals surface area contributed by atoms with Crippen LogP contribution in [-0.4, -0.2) is 24.8 Å². The summed E-state index contributed by atoms with van der Waals surface area (Å²) in [5.41, 5.74) is -0.0826. The highest BCUT2D eigenvalue weighted by Crippen LogP contribution is 2.07. The minimum Gasteiger partial charge on any atom is -0.374 e. The number of rotatable bonds is 6. The molecule has 0 rings (SSSR count). The third kappa shape index (κ3) is 8.10. The molecule has 14 heavy (non-hydrogen) atoms. The summed E-state index contributed by atoms with van der Waals surface area (Å²) in [5.74, 6) is 2.67. The van der Waals surface area contributed by atoms with E-state index in [-0.39, 0.29) is 5.60 Å². The van der Waals surface area contributed by atoms with Crippen LogP contribution in [-0.2, 0) is 4.74 Å². The molecular formula is C12H23NO. The monoisotopic (exact) mass is 197 g/mol. The van der Waals surface area contributed by atoms with E-state index in [1.165, 1.54) is 0 Å². The third-order valence-corrected chi connectivity index (χ3v) is 1.76. The summed E-state index contributed by atoms with van der Waals surface area (Å²) in [4.78, 5) is 0. The van der Waals surface area contributed by atoms with E-state index >= 15 is 0 Å². The van der Waals surface area contributed by atoms with Gasteiger partial charge in [-0.2, -0.15) is 0 Å². The molecule has 1 atom stereocenters. The quantitative estimate of drug-likeness (QED) is 0.659. The summed E-state index contributed by atoms with van der Waals surface area (Å²) in [7, 11) is 0. The molecule has 1 unspecified atom stereocenters. The molecule has 82 valence electrons. The lowest BCUT2D eigenvalue weighted by Crippen LogP contribution is -2.36. The molecule has 0 aliphatic heterocycles. The maximum Gasteiger partial charge on any atom is 0.0636 e. The summed E-state index contributed by atoms with van der Waals surface area (Å²) in [6.45, 7) is 10.00. The molecule has 0 spiro atoms. The van der Waals surface area contributed by atoms with Crippen LogP contribution in [0.4, 0.5) is 0 Å². The molecule has 0 aliphatic rings. The normalized spacial score (nSPS) is 13.6. The van der Waals surface area contributed by atoms with E-state index in [0.29, 0.717) is 12.6 Å². The van der Waals surface area contributed by atoms with Gasteiger partial charge in [0.25, 0.3) is 0 Å². The zero-order chi connectivity index (χ0) is 11.0. The number of hydrogen-bond acceptors (Lipinski definition) is 2. The Morgan fingerprint density at radius 3 is 2.50 bits per heavy atom. The maximum atomic E-state index is 5.68. The lowest BCUT2D eigenvalue weighted by atomic mass is 10.1. The average molecular weight is 197 g/mol. The van der Waals surface area contributed by atoms with E-state index < -0.39 is 0 Å². The molecule has 0 aliphatic carbocycles. The zero-order valence-electron chi connectivity index (χ0n) is 9.89. The van der Waals surface area contributed by atoms with Crippen molar-refractivity contribution < 1.29 is 4.74 Å². The van der Waals surface area contributed by atoms with E-state index in [9.17, 15) is 0 Å². The van der Waals surface area contributed by atoms with Gasteiger partial charge >= 0.3 is 0 Å². The van der Waals surface area contributed by atoms with Crippen LogP contribution in [0, 0.1) is 12.3 Å². The third-order valence-electron chi connectivity index (χ3n) is 1.76. The van der Waals surface area contributed by atoms with Crippen molar-refractivity contribution >= 4 is 0 Å². The van der Waals surface area contributed by atoms with Crippen LogP contribution in [0.1, 0.15) is 40.5 Å². The van der Waals surface area contributed by atoms with Crippen molar-refractivity contribution in [2.45, 2.75) is 52.2 Å². The first-order valence-corrected chi connectivity index (χ1v) is 5.30. The number of ether oxygens (including phenoxy) is 1. The zero-order valence-corrected chi connectivity index (χ0v) is 9.89. The first-order valence-electron chi connectivity index (χ1n) is 5.30. The predicted octanol–water partition coefficient (Wildman–Crippen LogP) is 2.19. The van der Waals surface area contributed by atoms with Gasteiger partial charge in [-0.05, 0) is 33.7 Å². The van der Waals surface area contributed by atoms with Gasteiger partial charge in [0.15, 0.2) is 0 Å². The van der Waals surface area contributed by atoms with Gasteiger partial charge in [-0.15, -0.1) is 12.3 Å². The molecule has 2 heteroatoms. The first-order chi connectivity index (χ1) is 6.49. The van der Waals surface area contributed by atoms with Crippen LogP contribution in [0.15, 0.2) is 0 Å². The number of nitrogens with one attached hydrogen (secondary N) is 1. The fraction of sp³-hybridized carbons (Fsp3) is 0.833. The summed E-state index contributed by atoms with van der Waals surface area (Å²) < 4.78 is 5.68. The van der Waals surface area contributed by atoms with Gasteiger partial charge < -0.3 is 10.1 Å². The Morgan fingerprint density at radius 2 is 2.07 bits per heavy atom. The fourth-order valence-corrected chi connectivity index (χ4v) is 1.03. The summed E-state index contributed by atoms with van der Waals surface area (Å²) in [6.07, 6.45) is 7.15. The molecular weight excluding hydrogens is 174 g/mol. The molecule has 0 saturated heterocycles. The Labute approximate surface area is 88.4 Å². The van der Waals surface area contributed by atoms with Gasteiger partial charge in [0, 0.05) is 12.5 Å². The van der Waals surface area contributed by atoms with E-state index in [1.54, 1.807) is 0 Å². The van der Waals surface area contributed by atoms with Crippen molar-refractivity contribution in [3.63, 3.8) is 0 Å². The smallest absolute Gasteiger partial charge is 0.0636 e. The molecule has 0 aromatic heterocycles. The molecule has 0 amide bonds. The summed E-state index contributed by atoms with van der Waals surface area (Å²) in [6, 6.07) is 0.291. The van der Waals surface area contributed by atoms with Gasteiger partial charge in [0.1, 0.15) is 0 Å². The van der Waals surface area contributed by atoms with Gasteiger partial charge in [-0.3, -0.25) is 0 Å². The Balaban J connectivity index is 3.79. The molecule has 0 aromatic rings. The standard InChI is InChI=1S/C12H23NO/c1-6-8-11(13-9-7-2)10-14-12(3,4)5/h1,11,13H,7-10H2,2-5H3. The Bertz CT molecular complexity index is 176. The first kappa shape index (κ1) is 13.5. The second-order valence-corrected chi connectivity index (χ2v) is 4.48. The highest BCUT2D eigenvalue weighted by molar-refractivity contribution is 4.90. The minimum atomic E-state index is -0.0826. The number of terminal acetylenes is 1. The molecule has 0 saturated carbocycles. The van der Waals surface area contributed by atoms with E-state index in [2.05, 4.69) is 38.9 Å². The molecule has 0 radical (unpaired) electrons. The largest absolute Gasteiger partial charge is 0.374 e. The molecule has 0 bridgehead atoms. The van der Waals surface area contributed by atoms with Crippen molar-refractivity contribution in [2.75, 3.05) is 13.2 Å². The molecule has 0 heterocycles. The topological polar surface area (TPSA) is 21.3 Å². The lowest BCUT2D eigenvalue weighted by molar-refractivity contribution is -0.0137. The van der Waals surface area contributed by atoms with Crippen LogP contribution < -0.4 is 5.32 Å². The fourth-order valence-electron chi connectivity index (χ4n) is 1.03. The van der Waals surface area contributed by atoms with E-state index in [4.69, 9.17) is 11.2 Å². The van der Waals surface area contributed by atoms with Crippen molar-refractivity contribution in [1.29, 1.82) is 0 Å². The second kappa shape index (κ2) is 6.86.